The Morgan fingerprint density at radius 2 is 0.690 bits per heavy atom. The van der Waals surface area contributed by atoms with Crippen LogP contribution in [0.25, 0.3) is 0 Å². The van der Waals surface area contributed by atoms with E-state index in [0.717, 1.165) is 90.8 Å². The van der Waals surface area contributed by atoms with Gasteiger partial charge >= 0.3 is 0 Å². The van der Waals surface area contributed by atoms with Crippen LogP contribution in [0.1, 0.15) is 376 Å². The number of alkyl halides is 3. The first kappa shape index (κ1) is 110. The summed E-state index contributed by atoms with van der Waals surface area (Å²) in [6.07, 6.45) is 25.6. The van der Waals surface area contributed by atoms with E-state index in [1.807, 2.05) is 45.9 Å². The van der Waals surface area contributed by atoms with Crippen LogP contribution in [0.2, 0.25) is 0 Å². The lowest BCUT2D eigenvalue weighted by Crippen LogP contribution is -2.17. The smallest absolute Gasteiger partial charge is 0.247 e. The molecular formula is C81H179F3. The van der Waals surface area contributed by atoms with Gasteiger partial charge in [0.2, 0.25) is 5.92 Å². The molecule has 0 saturated heterocycles. The summed E-state index contributed by atoms with van der Waals surface area (Å²) >= 11 is 0. The Labute approximate surface area is 544 Å². The predicted octanol–water partition coefficient (Wildman–Crippen LogP) is 32.0. The van der Waals surface area contributed by atoms with Crippen LogP contribution in [-0.2, 0) is 0 Å². The number of halogens is 3. The highest BCUT2D eigenvalue weighted by Gasteiger charge is 2.25. The van der Waals surface area contributed by atoms with Gasteiger partial charge in [-0.15, -0.1) is 19.7 Å². The van der Waals surface area contributed by atoms with Crippen molar-refractivity contribution in [2.45, 2.75) is 386 Å². The zero-order valence-electron chi connectivity index (χ0n) is 69.1. The van der Waals surface area contributed by atoms with Gasteiger partial charge in [-0.2, -0.15) is 0 Å². The lowest BCUT2D eigenvalue weighted by molar-refractivity contribution is -0.0251. The molecule has 0 aliphatic heterocycles. The molecule has 1 unspecified atom stereocenters. The number of allylic oxidation sites excluding steroid dienone is 5. The standard InChI is InChI=1S/2C7H14.C6H12.2C6H14.C6H12.C5H10F2.C5H11F.4C5H12.C5H10.2C4H10/c2*1-4-5-6-7(2)3;1-5(2)6-3-4-6;3*1-4-5-6(2)3;1-4(2)5(3,6)7;1-4(2)5(3)6;5*1-4-5(2)3;2*1-4(2)3/h4-5,7H,6H2,1-3H3;4,7H,1,5-6H2,2-3H3;5-6H,3-4H2,1-2H3;2*6H,4-5H2,1-3H3;4,6H,1,5H2,2-3H3;4H,1-3H3;4-5H,1-3H3;4*5H,4H2,1-3H3;4-5H,1H2,2-3H3;2*4H,1-3H3/i;;;;;;;;4D2;;;;;;. The Morgan fingerprint density at radius 1 is 0.452 bits per heavy atom. The monoisotopic (exact) mass is 1210 g/mol. The molecule has 84 heavy (non-hydrogen) atoms. The molecule has 0 amide bonds. The van der Waals surface area contributed by atoms with Crippen LogP contribution in [0.4, 0.5) is 13.2 Å². The summed E-state index contributed by atoms with van der Waals surface area (Å²) in [6, 6.07) is 0. The average molecular weight is 1210 g/mol. The van der Waals surface area contributed by atoms with Gasteiger partial charge in [-0.05, 0) is 148 Å². The molecule has 1 aliphatic rings. The molecule has 0 bridgehead atoms. The molecule has 1 atom stereocenters. The minimum absolute atomic E-state index is 0.132. The second-order valence-corrected chi connectivity index (χ2v) is 29.1. The Kier molecular flexibility index (Phi) is 125. The van der Waals surface area contributed by atoms with Crippen LogP contribution in [0.15, 0.2) is 50.1 Å². The van der Waals surface area contributed by atoms with E-state index in [4.69, 9.17) is 2.74 Å². The molecular weight excluding hydrogens is 1030 g/mol. The molecule has 0 heterocycles. The molecule has 1 fully saturated rings. The fourth-order valence-electron chi connectivity index (χ4n) is 3.11. The number of hydrogen-bond acceptors (Lipinski definition) is 0. The van der Waals surface area contributed by atoms with Gasteiger partial charge in [0, 0.05) is 8.66 Å². The lowest BCUT2D eigenvalue weighted by Gasteiger charge is -2.12. The van der Waals surface area contributed by atoms with E-state index in [0.29, 0.717) is 5.92 Å². The Hall–Kier alpha value is -1.25. The molecule has 0 aromatic carbocycles. The number of hydrogen-bond donors (Lipinski definition) is 0. The zero-order valence-corrected chi connectivity index (χ0v) is 67.1. The topological polar surface area (TPSA) is 0 Å². The summed E-state index contributed by atoms with van der Waals surface area (Å²) in [5.74, 6) is 8.54. The van der Waals surface area contributed by atoms with Gasteiger partial charge in [0.15, 0.2) is 0 Å². The van der Waals surface area contributed by atoms with Gasteiger partial charge in [0.1, 0.15) is 0 Å². The molecule has 0 nitrogen and oxygen atoms in total. The fraction of sp³-hybridized carbons (Fsp3) is 0.901. The molecule has 0 aromatic rings. The molecule has 1 rings (SSSR count). The largest absolute Gasteiger partial charge is 0.248 e. The van der Waals surface area contributed by atoms with Gasteiger partial charge in [0.05, 0.1) is 6.17 Å². The summed E-state index contributed by atoms with van der Waals surface area (Å²) in [5, 5.41) is 0. The van der Waals surface area contributed by atoms with Crippen LogP contribution in [0.5, 0.6) is 0 Å². The fourth-order valence-corrected chi connectivity index (χ4v) is 3.11. The second kappa shape index (κ2) is 95.4. The van der Waals surface area contributed by atoms with Crippen LogP contribution in [0.3, 0.4) is 0 Å². The Balaban J connectivity index is -0.0000000540. The van der Waals surface area contributed by atoms with Crippen LogP contribution in [-0.4, -0.2) is 12.1 Å². The quantitative estimate of drug-likeness (QED) is 0.113. The van der Waals surface area contributed by atoms with Crippen molar-refractivity contribution in [2.24, 2.45) is 94.7 Å². The van der Waals surface area contributed by atoms with E-state index < -0.39 is 24.4 Å². The van der Waals surface area contributed by atoms with Gasteiger partial charge in [-0.1, -0.05) is 345 Å². The minimum atomic E-state index is -2.50. The summed E-state index contributed by atoms with van der Waals surface area (Å²) < 4.78 is 49.6. The molecule has 0 N–H and O–H groups in total. The molecule has 3 heteroatoms. The van der Waals surface area contributed by atoms with Gasteiger partial charge in [0.25, 0.3) is 0 Å². The van der Waals surface area contributed by atoms with Crippen molar-refractivity contribution in [3.8, 4) is 0 Å². The summed E-state index contributed by atoms with van der Waals surface area (Å²) in [5.41, 5.74) is 0. The van der Waals surface area contributed by atoms with Crippen LogP contribution in [0, 0.1) is 94.7 Å². The van der Waals surface area contributed by atoms with E-state index in [1.165, 1.54) is 84.5 Å². The molecule has 0 spiro atoms. The third-order valence-corrected chi connectivity index (χ3v) is 11.2. The van der Waals surface area contributed by atoms with Crippen molar-refractivity contribution in [1.82, 2.24) is 0 Å². The summed E-state index contributed by atoms with van der Waals surface area (Å²) in [7, 11) is 0. The van der Waals surface area contributed by atoms with Crippen molar-refractivity contribution in [3.05, 3.63) is 50.1 Å². The van der Waals surface area contributed by atoms with Gasteiger partial charge in [-0.3, -0.25) is 0 Å². The molecule has 0 aromatic heterocycles. The maximum Gasteiger partial charge on any atom is 0.247 e. The Morgan fingerprint density at radius 3 is 0.714 bits per heavy atom. The maximum absolute atomic E-state index is 11.8. The molecule has 1 saturated carbocycles. The normalized spacial score (nSPS) is 11.8. The molecule has 524 valence electrons. The van der Waals surface area contributed by atoms with E-state index in [9.17, 15) is 13.2 Å². The minimum Gasteiger partial charge on any atom is -0.248 e. The van der Waals surface area contributed by atoms with Crippen molar-refractivity contribution in [1.29, 1.82) is 0 Å². The van der Waals surface area contributed by atoms with E-state index in [-0.39, 0.29) is 11.8 Å². The predicted molar refractivity (Wildman–Crippen MR) is 403 cm³/mol. The van der Waals surface area contributed by atoms with Gasteiger partial charge in [-0.25, -0.2) is 13.2 Å². The van der Waals surface area contributed by atoms with E-state index in [1.54, 1.807) is 13.8 Å². The van der Waals surface area contributed by atoms with Crippen molar-refractivity contribution in [3.63, 3.8) is 0 Å². The Bertz CT molecular complexity index is 1060. The van der Waals surface area contributed by atoms with Crippen molar-refractivity contribution in [2.75, 3.05) is 0 Å². The zero-order chi connectivity index (χ0) is 72.5. The van der Waals surface area contributed by atoms with Crippen LogP contribution >= 0.6 is 0 Å². The lowest BCUT2D eigenvalue weighted by atomic mass is 10.1. The maximum atomic E-state index is 11.8. The second-order valence-electron chi connectivity index (χ2n) is 29.1. The van der Waals surface area contributed by atoms with Crippen molar-refractivity contribution >= 4 is 0 Å². The van der Waals surface area contributed by atoms with E-state index in [2.05, 4.69) is 253 Å². The third kappa shape index (κ3) is 281. The first-order chi connectivity index (χ1) is 38.7. The van der Waals surface area contributed by atoms with E-state index >= 15 is 0 Å². The molecule has 1 aliphatic carbocycles. The van der Waals surface area contributed by atoms with Gasteiger partial charge < -0.3 is 0 Å². The van der Waals surface area contributed by atoms with Crippen LogP contribution < -0.4 is 0 Å². The molecule has 0 radical (unpaired) electrons. The number of rotatable bonds is 19. The summed E-state index contributed by atoms with van der Waals surface area (Å²) in [4.78, 5) is 0. The highest BCUT2D eigenvalue weighted by molar-refractivity contribution is 4.77. The van der Waals surface area contributed by atoms with Crippen molar-refractivity contribution < 1.29 is 15.9 Å². The first-order valence-electron chi connectivity index (χ1n) is 36.2. The highest BCUT2D eigenvalue weighted by Crippen LogP contribution is 2.35. The average Bonchev–Trinajstić information content (AvgIpc) is 4.21. The third-order valence-electron chi connectivity index (χ3n) is 11.2. The SMILES string of the molecule is C=CC(C)C.C=CCC(C)C.C=CCCC(C)C.CC(C)C.CC(C)C.CC(C)C(C)(F)F.CC(C)C(C)F.CC(C)C1CC1.CC=CCC(C)C.CCC(C)C.CCC(C)C.CCC(C)C.CCCC(C)C.CCCC(C)C.[2H]C([2H])(C)C(C)C. The highest BCUT2D eigenvalue weighted by atomic mass is 19.3. The summed E-state index contributed by atoms with van der Waals surface area (Å²) in [6.45, 7) is 95.9. The first-order valence-corrected chi connectivity index (χ1v) is 35.2.